The van der Waals surface area contributed by atoms with E-state index in [4.69, 9.17) is 9.47 Å². The fraction of sp³-hybridized carbons (Fsp3) is 0.562. The lowest BCUT2D eigenvalue weighted by Crippen LogP contribution is -2.08. The average Bonchev–Trinajstić information content (AvgIpc) is 2.36. The number of hydrogen-bond donors (Lipinski definition) is 0. The summed E-state index contributed by atoms with van der Waals surface area (Å²) in [6.07, 6.45) is 4.98. The topological polar surface area (TPSA) is 35.5 Å². The van der Waals surface area contributed by atoms with Crippen LogP contribution in [0.4, 0.5) is 0 Å². The maximum Gasteiger partial charge on any atom is 0.311 e. The Kier molecular flexibility index (Phi) is 7.01. The fourth-order valence-electron chi connectivity index (χ4n) is 1.74. The Labute approximate surface area is 115 Å². The average molecular weight is 264 g/mol. The van der Waals surface area contributed by atoms with E-state index in [1.807, 2.05) is 26.0 Å². The van der Waals surface area contributed by atoms with Gasteiger partial charge in [-0.1, -0.05) is 26.2 Å². The summed E-state index contributed by atoms with van der Waals surface area (Å²) in [7, 11) is 0. The summed E-state index contributed by atoms with van der Waals surface area (Å²) >= 11 is 0. The smallest absolute Gasteiger partial charge is 0.311 e. The van der Waals surface area contributed by atoms with Crippen LogP contribution in [0.2, 0.25) is 0 Å². The van der Waals surface area contributed by atoms with Crippen molar-refractivity contribution in [1.29, 1.82) is 0 Å². The van der Waals surface area contributed by atoms with E-state index in [1.54, 1.807) is 12.1 Å². The predicted octanol–water partition coefficient (Wildman–Crippen LogP) is 4.35. The summed E-state index contributed by atoms with van der Waals surface area (Å²) in [4.78, 5) is 11.6. The van der Waals surface area contributed by atoms with Gasteiger partial charge in [0.25, 0.3) is 0 Å². The van der Waals surface area contributed by atoms with Crippen molar-refractivity contribution in [1.82, 2.24) is 0 Å². The normalized spacial score (nSPS) is 10.5. The predicted molar refractivity (Wildman–Crippen MR) is 76.6 cm³/mol. The van der Waals surface area contributed by atoms with Crippen LogP contribution in [0.1, 0.15) is 52.9 Å². The first kappa shape index (κ1) is 15.5. The third-order valence-corrected chi connectivity index (χ3v) is 2.66. The van der Waals surface area contributed by atoms with Gasteiger partial charge in [0.05, 0.1) is 6.10 Å². The van der Waals surface area contributed by atoms with E-state index >= 15 is 0 Å². The van der Waals surface area contributed by atoms with Gasteiger partial charge in [0.15, 0.2) is 0 Å². The monoisotopic (exact) mass is 264 g/mol. The van der Waals surface area contributed by atoms with Gasteiger partial charge in [-0.2, -0.15) is 0 Å². The minimum atomic E-state index is -0.159. The Hall–Kier alpha value is -1.51. The second kappa shape index (κ2) is 8.57. The van der Waals surface area contributed by atoms with Crippen LogP contribution in [0, 0.1) is 0 Å². The van der Waals surface area contributed by atoms with E-state index in [9.17, 15) is 4.79 Å². The molecule has 1 rings (SSSR count). The summed E-state index contributed by atoms with van der Waals surface area (Å²) in [6.45, 7) is 6.10. The molecule has 0 radical (unpaired) electrons. The molecule has 0 aromatic heterocycles. The summed E-state index contributed by atoms with van der Waals surface area (Å²) in [5, 5.41) is 0. The minimum Gasteiger partial charge on any atom is -0.491 e. The summed E-state index contributed by atoms with van der Waals surface area (Å²) < 4.78 is 10.8. The highest BCUT2D eigenvalue weighted by Crippen LogP contribution is 2.19. The summed E-state index contributed by atoms with van der Waals surface area (Å²) in [5.74, 6) is 1.21. The van der Waals surface area contributed by atoms with E-state index in [-0.39, 0.29) is 12.1 Å². The molecule has 19 heavy (non-hydrogen) atoms. The molecule has 0 heterocycles. The molecule has 1 aromatic carbocycles. The van der Waals surface area contributed by atoms with Crippen LogP contribution in [-0.2, 0) is 4.79 Å². The molecular weight excluding hydrogens is 240 g/mol. The van der Waals surface area contributed by atoms with Crippen LogP contribution in [0.25, 0.3) is 0 Å². The molecule has 0 aliphatic carbocycles. The quantitative estimate of drug-likeness (QED) is 0.398. The molecule has 0 N–H and O–H groups in total. The van der Waals surface area contributed by atoms with Gasteiger partial charge in [-0.25, -0.2) is 0 Å². The molecule has 106 valence electrons. The van der Waals surface area contributed by atoms with Gasteiger partial charge in [0.1, 0.15) is 11.5 Å². The minimum absolute atomic E-state index is 0.145. The highest BCUT2D eigenvalue weighted by atomic mass is 16.5. The first-order valence-electron chi connectivity index (χ1n) is 7.09. The molecular formula is C16H24O3. The maximum absolute atomic E-state index is 11.6. The molecule has 0 saturated heterocycles. The van der Waals surface area contributed by atoms with Crippen LogP contribution < -0.4 is 9.47 Å². The second-order valence-electron chi connectivity index (χ2n) is 4.92. The zero-order valence-electron chi connectivity index (χ0n) is 12.1. The molecule has 0 bridgehead atoms. The third-order valence-electron chi connectivity index (χ3n) is 2.66. The van der Waals surface area contributed by atoms with Crippen LogP contribution in [0.3, 0.4) is 0 Å². The first-order valence-corrected chi connectivity index (χ1v) is 7.09. The van der Waals surface area contributed by atoms with Gasteiger partial charge in [-0.05, 0) is 44.5 Å². The molecule has 0 unspecified atom stereocenters. The highest BCUT2D eigenvalue weighted by Gasteiger charge is 2.05. The highest BCUT2D eigenvalue weighted by molar-refractivity contribution is 5.72. The van der Waals surface area contributed by atoms with E-state index in [2.05, 4.69) is 6.92 Å². The molecule has 3 nitrogen and oxygen atoms in total. The van der Waals surface area contributed by atoms with Crippen molar-refractivity contribution in [3.05, 3.63) is 24.3 Å². The number of ether oxygens (including phenoxy) is 2. The molecule has 1 aromatic rings. The molecule has 0 spiro atoms. The number of esters is 1. The Morgan fingerprint density at radius 3 is 2.26 bits per heavy atom. The first-order chi connectivity index (χ1) is 9.11. The Balaban J connectivity index is 2.34. The summed E-state index contributed by atoms with van der Waals surface area (Å²) in [6, 6.07) is 7.17. The van der Waals surface area contributed by atoms with Crippen molar-refractivity contribution in [2.45, 2.75) is 59.0 Å². The summed E-state index contributed by atoms with van der Waals surface area (Å²) in [5.41, 5.74) is 0. The zero-order chi connectivity index (χ0) is 14.1. The lowest BCUT2D eigenvalue weighted by Gasteiger charge is -2.10. The van der Waals surface area contributed by atoms with Gasteiger partial charge >= 0.3 is 5.97 Å². The number of hydrogen-bond acceptors (Lipinski definition) is 3. The maximum atomic E-state index is 11.6. The Morgan fingerprint density at radius 1 is 1.05 bits per heavy atom. The Morgan fingerprint density at radius 2 is 1.68 bits per heavy atom. The fourth-order valence-corrected chi connectivity index (χ4v) is 1.74. The van der Waals surface area contributed by atoms with Crippen LogP contribution in [0.15, 0.2) is 24.3 Å². The standard InChI is InChI=1S/C16H24O3/c1-4-5-6-7-8-16(17)19-15-11-9-14(10-12-15)18-13(2)3/h9-13H,4-8H2,1-3H3. The van der Waals surface area contributed by atoms with Crippen LogP contribution >= 0.6 is 0 Å². The zero-order valence-corrected chi connectivity index (χ0v) is 12.1. The van der Waals surface area contributed by atoms with Crippen molar-refractivity contribution < 1.29 is 14.3 Å². The molecule has 0 saturated carbocycles. The van der Waals surface area contributed by atoms with Gasteiger partial charge in [0, 0.05) is 6.42 Å². The van der Waals surface area contributed by atoms with E-state index in [1.165, 1.54) is 12.8 Å². The van der Waals surface area contributed by atoms with Gasteiger partial charge in [-0.15, -0.1) is 0 Å². The van der Waals surface area contributed by atoms with Gasteiger partial charge in [0.2, 0.25) is 0 Å². The number of unbranched alkanes of at least 4 members (excludes halogenated alkanes) is 3. The molecule has 0 fully saturated rings. The molecule has 0 atom stereocenters. The SMILES string of the molecule is CCCCCCC(=O)Oc1ccc(OC(C)C)cc1. The molecule has 0 aliphatic rings. The van der Waals surface area contributed by atoms with Gasteiger partial charge < -0.3 is 9.47 Å². The van der Waals surface area contributed by atoms with Crippen LogP contribution in [-0.4, -0.2) is 12.1 Å². The largest absolute Gasteiger partial charge is 0.491 e. The number of carbonyl (C=O) groups is 1. The lowest BCUT2D eigenvalue weighted by molar-refractivity contribution is -0.134. The van der Waals surface area contributed by atoms with Crippen molar-refractivity contribution in [3.63, 3.8) is 0 Å². The van der Waals surface area contributed by atoms with E-state index < -0.39 is 0 Å². The molecule has 0 aliphatic heterocycles. The van der Waals surface area contributed by atoms with Crippen molar-refractivity contribution in [2.75, 3.05) is 0 Å². The number of benzene rings is 1. The van der Waals surface area contributed by atoms with E-state index in [0.29, 0.717) is 12.2 Å². The van der Waals surface area contributed by atoms with Crippen LogP contribution in [0.5, 0.6) is 11.5 Å². The second-order valence-corrected chi connectivity index (χ2v) is 4.92. The van der Waals surface area contributed by atoms with Gasteiger partial charge in [-0.3, -0.25) is 4.79 Å². The Bertz CT molecular complexity index is 368. The van der Waals surface area contributed by atoms with Crippen molar-refractivity contribution >= 4 is 5.97 Å². The lowest BCUT2D eigenvalue weighted by atomic mass is 10.1. The number of rotatable bonds is 8. The number of carbonyl (C=O) groups excluding carboxylic acids is 1. The third kappa shape index (κ3) is 6.85. The van der Waals surface area contributed by atoms with Crippen molar-refractivity contribution in [3.8, 4) is 11.5 Å². The van der Waals surface area contributed by atoms with Crippen molar-refractivity contribution in [2.24, 2.45) is 0 Å². The van der Waals surface area contributed by atoms with E-state index in [0.717, 1.165) is 18.6 Å². The molecule has 0 amide bonds. The molecule has 3 heteroatoms.